The summed E-state index contributed by atoms with van der Waals surface area (Å²) in [5.41, 5.74) is 1.64. The molecule has 0 radical (unpaired) electrons. The second kappa shape index (κ2) is 5.58. The van der Waals surface area contributed by atoms with Crippen LogP contribution in [-0.2, 0) is 0 Å². The van der Waals surface area contributed by atoms with E-state index in [1.54, 1.807) is 18.3 Å². The van der Waals surface area contributed by atoms with Crippen molar-refractivity contribution in [1.29, 1.82) is 0 Å². The zero-order valence-corrected chi connectivity index (χ0v) is 12.5. The van der Waals surface area contributed by atoms with E-state index in [2.05, 4.69) is 30.3 Å². The normalized spacial score (nSPS) is 11.5. The Labute approximate surface area is 134 Å². The highest BCUT2D eigenvalue weighted by atomic mass is 16.3. The Morgan fingerprint density at radius 3 is 1.91 bits per heavy atom. The summed E-state index contributed by atoms with van der Waals surface area (Å²) in [7, 11) is 0. The number of rotatable bonds is 2. The van der Waals surface area contributed by atoms with E-state index in [9.17, 15) is 5.11 Å². The number of fused-ring (bicyclic) bond motifs is 2. The molecule has 0 atom stereocenters. The summed E-state index contributed by atoms with van der Waals surface area (Å²) in [6.07, 6.45) is 1.73. The van der Waals surface area contributed by atoms with Crippen molar-refractivity contribution in [3.8, 4) is 5.75 Å². The van der Waals surface area contributed by atoms with Gasteiger partial charge in [0.1, 0.15) is 5.75 Å². The lowest BCUT2D eigenvalue weighted by atomic mass is 10.0. The quantitative estimate of drug-likeness (QED) is 0.387. The van der Waals surface area contributed by atoms with E-state index < -0.39 is 0 Å². The van der Waals surface area contributed by atoms with Gasteiger partial charge in [0, 0.05) is 22.6 Å². The minimum atomic E-state index is 0.237. The van der Waals surface area contributed by atoms with Gasteiger partial charge in [-0.15, -0.1) is 0 Å². The van der Waals surface area contributed by atoms with Crippen molar-refractivity contribution in [1.82, 2.24) is 0 Å². The predicted octanol–water partition coefficient (Wildman–Crippen LogP) is 5.45. The average Bonchev–Trinajstić information content (AvgIpc) is 2.60. The third-order valence-corrected chi connectivity index (χ3v) is 4.01. The standard InChI is InChI=1S/C21H15NO/c23-20-12-6-3-9-17(20)14-22-21-18-10-4-1-7-15(18)13-16-8-2-5-11-19(16)21/h1-14,23H. The van der Waals surface area contributed by atoms with Gasteiger partial charge in [-0.1, -0.05) is 60.7 Å². The molecule has 4 aromatic rings. The van der Waals surface area contributed by atoms with Crippen LogP contribution in [0.5, 0.6) is 5.75 Å². The predicted molar refractivity (Wildman–Crippen MR) is 96.8 cm³/mol. The van der Waals surface area contributed by atoms with Crippen molar-refractivity contribution in [3.63, 3.8) is 0 Å². The Bertz CT molecular complexity index is 980. The van der Waals surface area contributed by atoms with Crippen molar-refractivity contribution in [3.05, 3.63) is 84.4 Å². The lowest BCUT2D eigenvalue weighted by Crippen LogP contribution is -1.83. The molecule has 4 rings (SSSR count). The highest BCUT2D eigenvalue weighted by Crippen LogP contribution is 2.35. The van der Waals surface area contributed by atoms with Gasteiger partial charge < -0.3 is 5.11 Å². The average molecular weight is 297 g/mol. The van der Waals surface area contributed by atoms with Gasteiger partial charge >= 0.3 is 0 Å². The van der Waals surface area contributed by atoms with Crippen LogP contribution in [0.1, 0.15) is 5.56 Å². The highest BCUT2D eigenvalue weighted by molar-refractivity contribution is 6.11. The van der Waals surface area contributed by atoms with Crippen molar-refractivity contribution in [2.45, 2.75) is 0 Å². The molecule has 2 nitrogen and oxygen atoms in total. The topological polar surface area (TPSA) is 32.6 Å². The molecule has 0 aliphatic rings. The van der Waals surface area contributed by atoms with Crippen LogP contribution in [0.4, 0.5) is 5.69 Å². The van der Waals surface area contributed by atoms with E-state index in [0.717, 1.165) is 27.2 Å². The van der Waals surface area contributed by atoms with Crippen LogP contribution < -0.4 is 0 Å². The molecule has 0 aliphatic heterocycles. The molecule has 0 fully saturated rings. The van der Waals surface area contributed by atoms with E-state index in [-0.39, 0.29) is 5.75 Å². The molecule has 0 amide bonds. The minimum absolute atomic E-state index is 0.237. The van der Waals surface area contributed by atoms with Gasteiger partial charge in [-0.05, 0) is 29.0 Å². The maximum atomic E-state index is 9.92. The van der Waals surface area contributed by atoms with E-state index in [1.165, 1.54) is 0 Å². The molecule has 0 aromatic heterocycles. The summed E-state index contributed by atoms with van der Waals surface area (Å²) in [6.45, 7) is 0. The van der Waals surface area contributed by atoms with Gasteiger partial charge in [-0.3, -0.25) is 4.99 Å². The first-order valence-electron chi connectivity index (χ1n) is 7.55. The zero-order valence-electron chi connectivity index (χ0n) is 12.5. The maximum absolute atomic E-state index is 9.92. The molecule has 0 unspecified atom stereocenters. The Balaban J connectivity index is 1.98. The Hall–Kier alpha value is -3.13. The lowest BCUT2D eigenvalue weighted by Gasteiger charge is -2.07. The molecule has 0 spiro atoms. The second-order valence-electron chi connectivity index (χ2n) is 5.48. The van der Waals surface area contributed by atoms with Gasteiger partial charge in [-0.25, -0.2) is 0 Å². The number of aliphatic imine (C=N–C) groups is 1. The van der Waals surface area contributed by atoms with E-state index >= 15 is 0 Å². The van der Waals surface area contributed by atoms with Crippen LogP contribution in [-0.4, -0.2) is 11.3 Å². The van der Waals surface area contributed by atoms with Crippen LogP contribution in [0, 0.1) is 0 Å². The molecule has 1 N–H and O–H groups in total. The van der Waals surface area contributed by atoms with E-state index in [4.69, 9.17) is 4.99 Å². The number of phenolic OH excluding ortho intramolecular Hbond substituents is 1. The number of para-hydroxylation sites is 1. The fourth-order valence-corrected chi connectivity index (χ4v) is 2.86. The van der Waals surface area contributed by atoms with Gasteiger partial charge in [0.05, 0.1) is 5.69 Å². The third-order valence-electron chi connectivity index (χ3n) is 4.01. The lowest BCUT2D eigenvalue weighted by molar-refractivity contribution is 0.474. The largest absolute Gasteiger partial charge is 0.507 e. The fraction of sp³-hybridized carbons (Fsp3) is 0. The van der Waals surface area contributed by atoms with Crippen LogP contribution in [0.2, 0.25) is 0 Å². The maximum Gasteiger partial charge on any atom is 0.124 e. The SMILES string of the molecule is Oc1ccccc1C=Nc1c2ccccc2cc2ccccc12. The Morgan fingerprint density at radius 1 is 0.696 bits per heavy atom. The van der Waals surface area contributed by atoms with E-state index in [0.29, 0.717) is 5.56 Å². The van der Waals surface area contributed by atoms with Crippen LogP contribution in [0.15, 0.2) is 83.9 Å². The number of hydrogen-bond acceptors (Lipinski definition) is 2. The second-order valence-corrected chi connectivity index (χ2v) is 5.48. The number of hydrogen-bond donors (Lipinski definition) is 1. The molecule has 4 aromatic carbocycles. The first-order valence-corrected chi connectivity index (χ1v) is 7.55. The van der Waals surface area contributed by atoms with E-state index in [1.807, 2.05) is 36.4 Å². The molecule has 0 bridgehead atoms. The molecule has 0 saturated heterocycles. The molecular formula is C21H15NO. The van der Waals surface area contributed by atoms with Crippen molar-refractivity contribution in [2.24, 2.45) is 4.99 Å². The summed E-state index contributed by atoms with van der Waals surface area (Å²) in [5.74, 6) is 0.237. The van der Waals surface area contributed by atoms with Crippen LogP contribution in [0.25, 0.3) is 21.5 Å². The summed E-state index contributed by atoms with van der Waals surface area (Å²) in [6, 6.07) is 25.9. The smallest absolute Gasteiger partial charge is 0.124 e. The van der Waals surface area contributed by atoms with Gasteiger partial charge in [0.15, 0.2) is 0 Å². The monoisotopic (exact) mass is 297 g/mol. The van der Waals surface area contributed by atoms with Gasteiger partial charge in [0.2, 0.25) is 0 Å². The summed E-state index contributed by atoms with van der Waals surface area (Å²) in [4.78, 5) is 4.71. The molecule has 2 heteroatoms. The van der Waals surface area contributed by atoms with Crippen molar-refractivity contribution >= 4 is 33.4 Å². The van der Waals surface area contributed by atoms with Crippen molar-refractivity contribution < 1.29 is 5.11 Å². The number of benzene rings is 4. The van der Waals surface area contributed by atoms with Gasteiger partial charge in [0.25, 0.3) is 0 Å². The fourth-order valence-electron chi connectivity index (χ4n) is 2.86. The first kappa shape index (κ1) is 13.5. The third kappa shape index (κ3) is 2.44. The molecule has 0 saturated carbocycles. The Kier molecular flexibility index (Phi) is 3.28. The van der Waals surface area contributed by atoms with Crippen LogP contribution >= 0.6 is 0 Å². The van der Waals surface area contributed by atoms with Crippen LogP contribution in [0.3, 0.4) is 0 Å². The van der Waals surface area contributed by atoms with Crippen molar-refractivity contribution in [2.75, 3.05) is 0 Å². The van der Waals surface area contributed by atoms with Gasteiger partial charge in [-0.2, -0.15) is 0 Å². The summed E-state index contributed by atoms with van der Waals surface area (Å²) >= 11 is 0. The number of phenols is 1. The summed E-state index contributed by atoms with van der Waals surface area (Å²) in [5, 5.41) is 14.5. The molecule has 0 aliphatic carbocycles. The molecule has 23 heavy (non-hydrogen) atoms. The molecule has 0 heterocycles. The molecular weight excluding hydrogens is 282 g/mol. The number of aromatic hydroxyl groups is 1. The first-order chi connectivity index (χ1) is 11.3. The molecule has 110 valence electrons. The number of nitrogens with zero attached hydrogens (tertiary/aromatic N) is 1. The summed E-state index contributed by atoms with van der Waals surface area (Å²) < 4.78 is 0. The Morgan fingerprint density at radius 2 is 1.26 bits per heavy atom. The minimum Gasteiger partial charge on any atom is -0.507 e. The zero-order chi connectivity index (χ0) is 15.6. The highest BCUT2D eigenvalue weighted by Gasteiger charge is 2.06.